The van der Waals surface area contributed by atoms with Gasteiger partial charge in [0, 0.05) is 11.8 Å². The van der Waals surface area contributed by atoms with Crippen LogP contribution in [0.5, 0.6) is 0 Å². The van der Waals surface area contributed by atoms with E-state index < -0.39 is 5.82 Å². The van der Waals surface area contributed by atoms with Crippen LogP contribution >= 0.6 is 27.5 Å². The lowest BCUT2D eigenvalue weighted by atomic mass is 10.1. The van der Waals surface area contributed by atoms with Crippen LogP contribution in [0.1, 0.15) is 16.1 Å². The Labute approximate surface area is 133 Å². The summed E-state index contributed by atoms with van der Waals surface area (Å²) in [4.78, 5) is 12.3. The summed E-state index contributed by atoms with van der Waals surface area (Å²) in [5, 5.41) is 0.807. The molecule has 0 amide bonds. The highest BCUT2D eigenvalue weighted by Crippen LogP contribution is 2.28. The van der Waals surface area contributed by atoms with Crippen molar-refractivity contribution in [2.45, 2.75) is 6.42 Å². The van der Waals surface area contributed by atoms with Crippen LogP contribution in [0.4, 0.5) is 4.39 Å². The maximum Gasteiger partial charge on any atom is 0.202 e. The van der Waals surface area contributed by atoms with Crippen molar-refractivity contribution in [3.8, 4) is 0 Å². The van der Waals surface area contributed by atoms with Crippen LogP contribution in [0, 0.1) is 5.82 Å². The van der Waals surface area contributed by atoms with Crippen molar-refractivity contribution in [3.63, 3.8) is 0 Å². The predicted molar refractivity (Wildman–Crippen MR) is 83.4 cm³/mol. The average Bonchev–Trinajstić information content (AvgIpc) is 2.89. The van der Waals surface area contributed by atoms with E-state index in [2.05, 4.69) is 15.9 Å². The first-order valence-electron chi connectivity index (χ1n) is 6.20. The Morgan fingerprint density at radius 3 is 2.76 bits per heavy atom. The largest absolute Gasteiger partial charge is 0.452 e. The SMILES string of the molecule is O=C(Cc1cccc(F)c1Cl)c1cc2cccc(Br)c2o1. The lowest BCUT2D eigenvalue weighted by Gasteiger charge is -2.02. The average molecular weight is 368 g/mol. The molecule has 0 radical (unpaired) electrons. The van der Waals surface area contributed by atoms with Gasteiger partial charge in [0.1, 0.15) is 11.4 Å². The molecule has 106 valence electrons. The number of carbonyl (C=O) groups excluding carboxylic acids is 1. The Kier molecular flexibility index (Phi) is 3.83. The fourth-order valence-electron chi connectivity index (χ4n) is 2.11. The Bertz CT molecular complexity index is 841. The molecule has 0 bridgehead atoms. The van der Waals surface area contributed by atoms with Crippen molar-refractivity contribution in [2.24, 2.45) is 0 Å². The lowest BCUT2D eigenvalue weighted by Crippen LogP contribution is -2.03. The maximum atomic E-state index is 13.4. The molecule has 0 atom stereocenters. The molecule has 0 fully saturated rings. The second-order valence-corrected chi connectivity index (χ2v) is 5.81. The van der Waals surface area contributed by atoms with E-state index in [9.17, 15) is 9.18 Å². The van der Waals surface area contributed by atoms with Gasteiger partial charge >= 0.3 is 0 Å². The molecule has 0 saturated carbocycles. The number of carbonyl (C=O) groups is 1. The highest BCUT2D eigenvalue weighted by atomic mass is 79.9. The first-order chi connectivity index (χ1) is 10.1. The fraction of sp³-hybridized carbons (Fsp3) is 0.0625. The molecule has 0 N–H and O–H groups in total. The van der Waals surface area contributed by atoms with Crippen LogP contribution in [-0.4, -0.2) is 5.78 Å². The van der Waals surface area contributed by atoms with Crippen LogP contribution in [0.15, 0.2) is 51.4 Å². The summed E-state index contributed by atoms with van der Waals surface area (Å²) in [6.07, 6.45) is -0.00592. The standard InChI is InChI=1S/C16H9BrClFO2/c17-11-5-1-4-10-8-14(21-16(10)11)13(20)7-9-3-2-6-12(19)15(9)18/h1-6,8H,7H2. The molecule has 0 unspecified atom stereocenters. The second-order valence-electron chi connectivity index (χ2n) is 4.58. The minimum atomic E-state index is -0.533. The summed E-state index contributed by atoms with van der Waals surface area (Å²) in [5.74, 6) is -0.544. The van der Waals surface area contributed by atoms with E-state index in [0.717, 1.165) is 9.86 Å². The molecule has 0 spiro atoms. The number of halogens is 3. The highest BCUT2D eigenvalue weighted by molar-refractivity contribution is 9.10. The van der Waals surface area contributed by atoms with Crippen molar-refractivity contribution < 1.29 is 13.6 Å². The van der Waals surface area contributed by atoms with E-state index >= 15 is 0 Å². The summed E-state index contributed by atoms with van der Waals surface area (Å²) >= 11 is 9.23. The molecule has 0 saturated heterocycles. The molecule has 21 heavy (non-hydrogen) atoms. The van der Waals surface area contributed by atoms with E-state index in [4.69, 9.17) is 16.0 Å². The van der Waals surface area contributed by atoms with Gasteiger partial charge in [0.05, 0.1) is 9.50 Å². The van der Waals surface area contributed by atoms with E-state index in [1.54, 1.807) is 12.1 Å². The Hall–Kier alpha value is -1.65. The number of fused-ring (bicyclic) bond motifs is 1. The number of ketones is 1. The van der Waals surface area contributed by atoms with Gasteiger partial charge in [0.25, 0.3) is 0 Å². The first-order valence-corrected chi connectivity index (χ1v) is 7.37. The molecule has 0 aliphatic carbocycles. The molecule has 5 heteroatoms. The number of Topliss-reactive ketones (excluding diaryl/α,β-unsaturated/α-hetero) is 1. The lowest BCUT2D eigenvalue weighted by molar-refractivity contribution is 0.0968. The first kappa shape index (κ1) is 14.3. The zero-order valence-corrected chi connectivity index (χ0v) is 13.0. The van der Waals surface area contributed by atoms with Gasteiger partial charge in [-0.1, -0.05) is 35.9 Å². The van der Waals surface area contributed by atoms with E-state index in [-0.39, 0.29) is 23.0 Å². The normalized spacial score (nSPS) is 11.0. The van der Waals surface area contributed by atoms with Crippen molar-refractivity contribution in [2.75, 3.05) is 0 Å². The fourth-order valence-corrected chi connectivity index (χ4v) is 2.77. The van der Waals surface area contributed by atoms with Gasteiger partial charge in [-0.3, -0.25) is 4.79 Å². The van der Waals surface area contributed by atoms with Crippen molar-refractivity contribution in [1.82, 2.24) is 0 Å². The topological polar surface area (TPSA) is 30.2 Å². The Balaban J connectivity index is 1.94. The van der Waals surface area contributed by atoms with Crippen LogP contribution in [0.2, 0.25) is 5.02 Å². The number of rotatable bonds is 3. The highest BCUT2D eigenvalue weighted by Gasteiger charge is 2.16. The summed E-state index contributed by atoms with van der Waals surface area (Å²) in [7, 11) is 0. The molecule has 1 aromatic heterocycles. The minimum absolute atomic E-state index is 0.00592. The van der Waals surface area contributed by atoms with Gasteiger partial charge in [0.2, 0.25) is 5.78 Å². The molecular weight excluding hydrogens is 359 g/mol. The summed E-state index contributed by atoms with van der Waals surface area (Å²) < 4.78 is 19.7. The summed E-state index contributed by atoms with van der Waals surface area (Å²) in [6.45, 7) is 0. The molecule has 2 nitrogen and oxygen atoms in total. The van der Waals surface area contributed by atoms with Gasteiger partial charge in [-0.2, -0.15) is 0 Å². The van der Waals surface area contributed by atoms with Crippen molar-refractivity contribution >= 4 is 44.3 Å². The zero-order chi connectivity index (χ0) is 15.0. The molecule has 2 aromatic carbocycles. The van der Waals surface area contributed by atoms with E-state index in [1.165, 1.54) is 12.1 Å². The van der Waals surface area contributed by atoms with Gasteiger partial charge in [0.15, 0.2) is 5.76 Å². The molecule has 0 aliphatic rings. The molecule has 3 rings (SSSR count). The van der Waals surface area contributed by atoms with E-state index in [0.29, 0.717) is 11.1 Å². The third-order valence-corrected chi connectivity index (χ3v) is 4.20. The second kappa shape index (κ2) is 5.62. The summed E-state index contributed by atoms with van der Waals surface area (Å²) in [6, 6.07) is 11.6. The number of furan rings is 1. The smallest absolute Gasteiger partial charge is 0.202 e. The Morgan fingerprint density at radius 2 is 2.00 bits per heavy atom. The van der Waals surface area contributed by atoms with E-state index in [1.807, 2.05) is 18.2 Å². The molecule has 3 aromatic rings. The van der Waals surface area contributed by atoms with Crippen LogP contribution in [-0.2, 0) is 6.42 Å². The van der Waals surface area contributed by atoms with Gasteiger partial charge in [-0.05, 0) is 39.7 Å². The number of hydrogen-bond donors (Lipinski definition) is 0. The van der Waals surface area contributed by atoms with Crippen LogP contribution in [0.25, 0.3) is 11.0 Å². The molecular formula is C16H9BrClFO2. The number of para-hydroxylation sites is 1. The van der Waals surface area contributed by atoms with Crippen LogP contribution in [0.3, 0.4) is 0 Å². The monoisotopic (exact) mass is 366 g/mol. The van der Waals surface area contributed by atoms with Gasteiger partial charge < -0.3 is 4.42 Å². The van der Waals surface area contributed by atoms with Crippen molar-refractivity contribution in [3.05, 3.63) is 69.1 Å². The van der Waals surface area contributed by atoms with Gasteiger partial charge in [-0.15, -0.1) is 0 Å². The zero-order valence-electron chi connectivity index (χ0n) is 10.7. The maximum absolute atomic E-state index is 13.4. The summed E-state index contributed by atoms with van der Waals surface area (Å²) in [5.41, 5.74) is 1.06. The van der Waals surface area contributed by atoms with Crippen molar-refractivity contribution in [1.29, 1.82) is 0 Å². The van der Waals surface area contributed by atoms with Crippen LogP contribution < -0.4 is 0 Å². The number of hydrogen-bond acceptors (Lipinski definition) is 2. The Morgan fingerprint density at radius 1 is 1.24 bits per heavy atom. The minimum Gasteiger partial charge on any atom is -0.452 e. The third-order valence-electron chi connectivity index (χ3n) is 3.15. The quantitative estimate of drug-likeness (QED) is 0.579. The molecule has 1 heterocycles. The molecule has 0 aliphatic heterocycles. The third kappa shape index (κ3) is 2.74. The predicted octanol–water partition coefficient (Wildman–Crippen LogP) is 5.41. The number of benzene rings is 2. The van der Waals surface area contributed by atoms with Gasteiger partial charge in [-0.25, -0.2) is 4.39 Å².